The van der Waals surface area contributed by atoms with Crippen molar-refractivity contribution in [3.8, 4) is 0 Å². The third-order valence-electron chi connectivity index (χ3n) is 4.21. The molecule has 7 heteroatoms. The number of amides is 2. The predicted octanol–water partition coefficient (Wildman–Crippen LogP) is 2.01. The molecule has 0 bridgehead atoms. The molecular weight excluding hydrogens is 260 g/mol. The van der Waals surface area contributed by atoms with Gasteiger partial charge in [0.25, 0.3) is 0 Å². The molecule has 2 heterocycles. The number of ether oxygens (including phenoxy) is 1. The zero-order valence-corrected chi connectivity index (χ0v) is 11.7. The Kier molecular flexibility index (Phi) is 3.86. The summed E-state index contributed by atoms with van der Waals surface area (Å²) in [5, 5.41) is 6.41. The van der Waals surface area contributed by atoms with Crippen LogP contribution in [-0.4, -0.2) is 40.8 Å². The highest BCUT2D eigenvalue weighted by Gasteiger charge is 2.37. The zero-order chi connectivity index (χ0) is 13.9. The fraction of sp³-hybridized carbons (Fsp3) is 0.769. The molecule has 20 heavy (non-hydrogen) atoms. The maximum Gasteiger partial charge on any atom is 0.329 e. The minimum atomic E-state index is -0.132. The number of carbonyl (C=O) groups is 1. The van der Waals surface area contributed by atoms with Crippen LogP contribution < -0.4 is 5.32 Å². The number of nitrogens with one attached hydrogen (secondary N) is 1. The molecule has 2 fully saturated rings. The average molecular weight is 280 g/mol. The van der Waals surface area contributed by atoms with Gasteiger partial charge in [-0.25, -0.2) is 4.79 Å². The minimum absolute atomic E-state index is 0.132. The lowest BCUT2D eigenvalue weighted by Crippen LogP contribution is -2.44. The van der Waals surface area contributed by atoms with Crippen molar-refractivity contribution in [1.29, 1.82) is 0 Å². The van der Waals surface area contributed by atoms with E-state index in [0.717, 1.165) is 19.4 Å². The third kappa shape index (κ3) is 2.63. The topological polar surface area (TPSA) is 80.5 Å². The summed E-state index contributed by atoms with van der Waals surface area (Å²) in [4.78, 5) is 18.3. The van der Waals surface area contributed by atoms with Gasteiger partial charge in [0, 0.05) is 19.7 Å². The standard InChI is InChI=1S/C13H20N4O3/c1-19-8-11-14-12(20-16-11)15-13(18)17-7-3-6-10(17)9-4-2-5-9/h9-10H,2-8H2,1H3,(H,14,15,16,18). The van der Waals surface area contributed by atoms with Crippen molar-refractivity contribution in [2.75, 3.05) is 19.0 Å². The Labute approximate surface area is 117 Å². The number of methoxy groups -OCH3 is 1. The number of aromatic nitrogens is 2. The first-order valence-corrected chi connectivity index (χ1v) is 7.17. The summed E-state index contributed by atoms with van der Waals surface area (Å²) in [5.74, 6) is 1.11. The van der Waals surface area contributed by atoms with Gasteiger partial charge in [-0.3, -0.25) is 5.32 Å². The Hall–Kier alpha value is -1.63. The van der Waals surface area contributed by atoms with Crippen molar-refractivity contribution < 1.29 is 14.1 Å². The second kappa shape index (κ2) is 5.78. The van der Waals surface area contributed by atoms with Crippen LogP contribution >= 0.6 is 0 Å². The number of hydrogen-bond donors (Lipinski definition) is 1. The molecule has 1 aliphatic carbocycles. The number of urea groups is 1. The summed E-state index contributed by atoms with van der Waals surface area (Å²) in [6.45, 7) is 1.08. The highest BCUT2D eigenvalue weighted by atomic mass is 16.5. The lowest BCUT2D eigenvalue weighted by Gasteiger charge is -2.36. The molecule has 1 saturated carbocycles. The molecule has 0 radical (unpaired) electrons. The molecule has 0 spiro atoms. The number of anilines is 1. The summed E-state index contributed by atoms with van der Waals surface area (Å²) in [6.07, 6.45) is 5.96. The quantitative estimate of drug-likeness (QED) is 0.912. The Morgan fingerprint density at radius 3 is 3.00 bits per heavy atom. The zero-order valence-electron chi connectivity index (χ0n) is 11.7. The molecule has 3 rings (SSSR count). The number of hydrogen-bond acceptors (Lipinski definition) is 5. The summed E-state index contributed by atoms with van der Waals surface area (Å²) >= 11 is 0. The molecule has 0 aromatic carbocycles. The van der Waals surface area contributed by atoms with Crippen molar-refractivity contribution in [2.24, 2.45) is 5.92 Å². The summed E-state index contributed by atoms with van der Waals surface area (Å²) in [5.41, 5.74) is 0. The molecule has 1 unspecified atom stereocenters. The van der Waals surface area contributed by atoms with E-state index in [1.165, 1.54) is 19.3 Å². The van der Waals surface area contributed by atoms with E-state index in [1.807, 2.05) is 4.90 Å². The van der Waals surface area contributed by atoms with Crippen LogP contribution in [0.5, 0.6) is 0 Å². The molecule has 1 aromatic heterocycles. The summed E-state index contributed by atoms with van der Waals surface area (Å²) in [6, 6.07) is 0.387. The van der Waals surface area contributed by atoms with Crippen LogP contribution in [0.2, 0.25) is 0 Å². The average Bonchev–Trinajstić information content (AvgIpc) is 2.97. The molecule has 7 nitrogen and oxygen atoms in total. The van der Waals surface area contributed by atoms with Crippen molar-refractivity contribution in [2.45, 2.75) is 44.8 Å². The van der Waals surface area contributed by atoms with E-state index in [1.54, 1.807) is 7.11 Å². The van der Waals surface area contributed by atoms with Gasteiger partial charge in [0.2, 0.25) is 0 Å². The number of nitrogens with zero attached hydrogens (tertiary/aromatic N) is 3. The molecule has 1 saturated heterocycles. The first kappa shape index (κ1) is 13.4. The fourth-order valence-corrected chi connectivity index (χ4v) is 3.02. The Bertz CT molecular complexity index is 472. The van der Waals surface area contributed by atoms with Crippen molar-refractivity contribution >= 4 is 12.0 Å². The Balaban J connectivity index is 1.59. The molecule has 2 amide bonds. The van der Waals surface area contributed by atoms with E-state index in [-0.39, 0.29) is 18.7 Å². The van der Waals surface area contributed by atoms with Gasteiger partial charge in [0.05, 0.1) is 0 Å². The molecule has 1 aliphatic heterocycles. The van der Waals surface area contributed by atoms with Crippen LogP contribution in [0.1, 0.15) is 37.9 Å². The van der Waals surface area contributed by atoms with Crippen molar-refractivity contribution in [3.63, 3.8) is 0 Å². The molecular formula is C13H20N4O3. The van der Waals surface area contributed by atoms with Gasteiger partial charge in [-0.05, 0) is 31.6 Å². The van der Waals surface area contributed by atoms with E-state index in [0.29, 0.717) is 17.8 Å². The smallest absolute Gasteiger partial charge is 0.329 e. The molecule has 110 valence electrons. The van der Waals surface area contributed by atoms with Crippen LogP contribution in [0.4, 0.5) is 10.8 Å². The largest absolute Gasteiger partial charge is 0.377 e. The third-order valence-corrected chi connectivity index (χ3v) is 4.21. The van der Waals surface area contributed by atoms with E-state index < -0.39 is 0 Å². The maximum atomic E-state index is 12.3. The van der Waals surface area contributed by atoms with Gasteiger partial charge < -0.3 is 14.2 Å². The van der Waals surface area contributed by atoms with Crippen molar-refractivity contribution in [1.82, 2.24) is 15.0 Å². The minimum Gasteiger partial charge on any atom is -0.377 e. The van der Waals surface area contributed by atoms with Gasteiger partial charge in [0.1, 0.15) is 6.61 Å². The predicted molar refractivity (Wildman–Crippen MR) is 71.1 cm³/mol. The Morgan fingerprint density at radius 1 is 1.45 bits per heavy atom. The molecule has 2 aliphatic rings. The fourth-order valence-electron chi connectivity index (χ4n) is 3.02. The second-order valence-electron chi connectivity index (χ2n) is 5.47. The van der Waals surface area contributed by atoms with Crippen molar-refractivity contribution in [3.05, 3.63) is 5.82 Å². The number of carbonyl (C=O) groups excluding carboxylic acids is 1. The highest BCUT2D eigenvalue weighted by Crippen LogP contribution is 2.37. The van der Waals surface area contributed by atoms with Crippen LogP contribution in [0.25, 0.3) is 0 Å². The first-order valence-electron chi connectivity index (χ1n) is 7.17. The number of likely N-dealkylation sites (tertiary alicyclic amines) is 1. The summed E-state index contributed by atoms with van der Waals surface area (Å²) < 4.78 is 9.89. The lowest BCUT2D eigenvalue weighted by molar-refractivity contribution is 0.147. The molecule has 1 N–H and O–H groups in total. The van der Waals surface area contributed by atoms with Crippen LogP contribution in [0.3, 0.4) is 0 Å². The monoisotopic (exact) mass is 280 g/mol. The van der Waals surface area contributed by atoms with Crippen LogP contribution in [-0.2, 0) is 11.3 Å². The Morgan fingerprint density at radius 2 is 2.30 bits per heavy atom. The highest BCUT2D eigenvalue weighted by molar-refractivity contribution is 5.87. The van der Waals surface area contributed by atoms with Gasteiger partial charge in [-0.2, -0.15) is 4.98 Å². The van der Waals surface area contributed by atoms with Gasteiger partial charge in [-0.15, -0.1) is 0 Å². The SMILES string of the molecule is COCc1noc(NC(=O)N2CCCC2C2CCC2)n1. The molecule has 1 aromatic rings. The van der Waals surface area contributed by atoms with E-state index in [2.05, 4.69) is 15.5 Å². The summed E-state index contributed by atoms with van der Waals surface area (Å²) in [7, 11) is 1.56. The van der Waals surface area contributed by atoms with E-state index in [9.17, 15) is 4.79 Å². The second-order valence-corrected chi connectivity index (χ2v) is 5.47. The number of rotatable bonds is 4. The van der Waals surface area contributed by atoms with Crippen LogP contribution in [0, 0.1) is 5.92 Å². The maximum absolute atomic E-state index is 12.3. The first-order chi connectivity index (χ1) is 9.78. The van der Waals surface area contributed by atoms with E-state index >= 15 is 0 Å². The normalized spacial score (nSPS) is 22.9. The van der Waals surface area contributed by atoms with E-state index in [4.69, 9.17) is 9.26 Å². The lowest BCUT2D eigenvalue weighted by atomic mass is 9.79. The van der Waals surface area contributed by atoms with Gasteiger partial charge in [-0.1, -0.05) is 11.6 Å². The van der Waals surface area contributed by atoms with Gasteiger partial charge >= 0.3 is 12.0 Å². The van der Waals surface area contributed by atoms with Gasteiger partial charge in [0.15, 0.2) is 5.82 Å². The van der Waals surface area contributed by atoms with Crippen LogP contribution in [0.15, 0.2) is 4.52 Å². The molecule has 1 atom stereocenters.